The third-order valence-corrected chi connectivity index (χ3v) is 6.24. The molecule has 3 aromatic carbocycles. The molecule has 1 unspecified atom stereocenters. The predicted octanol–water partition coefficient (Wildman–Crippen LogP) is 4.83. The van der Waals surface area contributed by atoms with Crippen molar-refractivity contribution in [1.82, 2.24) is 10.2 Å². The van der Waals surface area contributed by atoms with E-state index in [0.717, 1.165) is 42.0 Å². The van der Waals surface area contributed by atoms with Crippen molar-refractivity contribution in [3.8, 4) is 5.75 Å². The fourth-order valence-corrected chi connectivity index (χ4v) is 4.31. The largest absolute Gasteiger partial charge is 0.483 e. The number of hydrogen-bond donors (Lipinski definition) is 1. The molecule has 1 saturated carbocycles. The topological polar surface area (TPSA) is 58.6 Å². The predicted molar refractivity (Wildman–Crippen MR) is 126 cm³/mol. The number of halogens is 1. The number of amides is 2. The minimum Gasteiger partial charge on any atom is -0.483 e. The second-order valence-corrected chi connectivity index (χ2v) is 8.58. The zero-order valence-electron chi connectivity index (χ0n) is 18.8. The molecule has 0 spiro atoms. The first kappa shape index (κ1) is 22.8. The van der Waals surface area contributed by atoms with Crippen molar-refractivity contribution in [2.75, 3.05) is 6.61 Å². The first-order chi connectivity index (χ1) is 16.0. The highest BCUT2D eigenvalue weighted by molar-refractivity contribution is 5.90. The molecule has 172 valence electrons. The van der Waals surface area contributed by atoms with Crippen LogP contribution in [0.4, 0.5) is 4.39 Å². The van der Waals surface area contributed by atoms with Crippen LogP contribution in [0.2, 0.25) is 0 Å². The molecule has 1 N–H and O–H groups in total. The summed E-state index contributed by atoms with van der Waals surface area (Å²) in [4.78, 5) is 27.7. The second kappa shape index (κ2) is 10.5. The van der Waals surface area contributed by atoms with Gasteiger partial charge in [-0.15, -0.1) is 0 Å². The third kappa shape index (κ3) is 5.69. The Hall–Kier alpha value is -3.41. The van der Waals surface area contributed by atoms with Gasteiger partial charge in [0.25, 0.3) is 5.91 Å². The van der Waals surface area contributed by atoms with Crippen molar-refractivity contribution >= 4 is 22.6 Å². The summed E-state index contributed by atoms with van der Waals surface area (Å²) in [5.74, 6) is -0.210. The van der Waals surface area contributed by atoms with Crippen LogP contribution in [0.15, 0.2) is 66.7 Å². The Labute approximate surface area is 193 Å². The summed E-state index contributed by atoms with van der Waals surface area (Å²) in [6, 6.07) is 19.0. The van der Waals surface area contributed by atoms with E-state index >= 15 is 0 Å². The summed E-state index contributed by atoms with van der Waals surface area (Å²) in [5.41, 5.74) is 0.746. The number of benzene rings is 3. The number of ether oxygens (including phenoxy) is 1. The lowest BCUT2D eigenvalue weighted by Gasteiger charge is -2.29. The van der Waals surface area contributed by atoms with Crippen molar-refractivity contribution in [3.05, 3.63) is 78.1 Å². The van der Waals surface area contributed by atoms with Gasteiger partial charge in [0.1, 0.15) is 17.6 Å². The van der Waals surface area contributed by atoms with E-state index in [0.29, 0.717) is 5.75 Å². The van der Waals surface area contributed by atoms with Crippen LogP contribution < -0.4 is 10.1 Å². The lowest BCUT2D eigenvalue weighted by atomic mass is 10.1. The highest BCUT2D eigenvalue weighted by atomic mass is 19.1. The quantitative estimate of drug-likeness (QED) is 0.537. The number of carbonyl (C=O) groups is 2. The molecule has 0 aromatic heterocycles. The van der Waals surface area contributed by atoms with E-state index in [1.54, 1.807) is 19.1 Å². The van der Waals surface area contributed by atoms with Gasteiger partial charge in [0.05, 0.1) is 0 Å². The second-order valence-electron chi connectivity index (χ2n) is 8.58. The van der Waals surface area contributed by atoms with Crippen LogP contribution in [0, 0.1) is 5.82 Å². The molecule has 0 heterocycles. The lowest BCUT2D eigenvalue weighted by Crippen LogP contribution is -2.50. The van der Waals surface area contributed by atoms with E-state index in [1.165, 1.54) is 17.0 Å². The molecule has 0 radical (unpaired) electrons. The fourth-order valence-electron chi connectivity index (χ4n) is 4.31. The van der Waals surface area contributed by atoms with Crippen molar-refractivity contribution < 1.29 is 18.7 Å². The van der Waals surface area contributed by atoms with Crippen molar-refractivity contribution in [2.45, 2.75) is 51.2 Å². The molecular formula is C27H29FN2O3. The van der Waals surface area contributed by atoms with E-state index in [2.05, 4.69) is 5.32 Å². The van der Waals surface area contributed by atoms with Gasteiger partial charge in [0, 0.05) is 18.0 Å². The van der Waals surface area contributed by atoms with Crippen molar-refractivity contribution in [2.24, 2.45) is 0 Å². The molecule has 0 aliphatic heterocycles. The average molecular weight is 449 g/mol. The maximum Gasteiger partial charge on any atom is 0.261 e. The van der Waals surface area contributed by atoms with Gasteiger partial charge < -0.3 is 15.0 Å². The molecule has 0 saturated heterocycles. The number of rotatable bonds is 8. The highest BCUT2D eigenvalue weighted by Gasteiger charge is 2.28. The summed E-state index contributed by atoms with van der Waals surface area (Å²) >= 11 is 0. The number of carbonyl (C=O) groups excluding carboxylic acids is 2. The monoisotopic (exact) mass is 448 g/mol. The van der Waals surface area contributed by atoms with Crippen LogP contribution in [-0.4, -0.2) is 35.4 Å². The summed E-state index contributed by atoms with van der Waals surface area (Å²) < 4.78 is 19.3. The normalized spacial score (nSPS) is 14.7. The third-order valence-electron chi connectivity index (χ3n) is 6.24. The minimum absolute atomic E-state index is 0.162. The van der Waals surface area contributed by atoms with Crippen LogP contribution in [0.25, 0.3) is 10.8 Å². The first-order valence-corrected chi connectivity index (χ1v) is 11.5. The van der Waals surface area contributed by atoms with Crippen LogP contribution in [0.1, 0.15) is 38.2 Å². The Bertz CT molecular complexity index is 1100. The van der Waals surface area contributed by atoms with Gasteiger partial charge in [-0.05, 0) is 48.9 Å². The van der Waals surface area contributed by atoms with E-state index in [-0.39, 0.29) is 36.8 Å². The molecule has 33 heavy (non-hydrogen) atoms. The Balaban J connectivity index is 1.50. The molecule has 1 atom stereocenters. The average Bonchev–Trinajstić information content (AvgIpc) is 3.34. The Kier molecular flexibility index (Phi) is 7.23. The molecule has 1 aliphatic rings. The van der Waals surface area contributed by atoms with E-state index < -0.39 is 6.04 Å². The molecule has 1 aliphatic carbocycles. The van der Waals surface area contributed by atoms with Crippen molar-refractivity contribution in [1.29, 1.82) is 0 Å². The number of nitrogens with zero attached hydrogens (tertiary/aromatic N) is 1. The molecule has 3 aromatic rings. The molecular weight excluding hydrogens is 419 g/mol. The van der Waals surface area contributed by atoms with Crippen LogP contribution in [-0.2, 0) is 16.1 Å². The van der Waals surface area contributed by atoms with Crippen LogP contribution in [0.5, 0.6) is 5.75 Å². The molecule has 1 fully saturated rings. The number of fused-ring (bicyclic) bond motifs is 1. The zero-order valence-corrected chi connectivity index (χ0v) is 18.8. The minimum atomic E-state index is -0.681. The molecule has 4 rings (SSSR count). The Morgan fingerprint density at radius 2 is 1.73 bits per heavy atom. The van der Waals surface area contributed by atoms with Crippen LogP contribution >= 0.6 is 0 Å². The molecule has 5 nitrogen and oxygen atoms in total. The van der Waals surface area contributed by atoms with E-state index in [1.807, 2.05) is 42.5 Å². The maximum atomic E-state index is 13.4. The maximum absolute atomic E-state index is 13.4. The van der Waals surface area contributed by atoms with Gasteiger partial charge in [-0.3, -0.25) is 9.59 Å². The highest BCUT2D eigenvalue weighted by Crippen LogP contribution is 2.25. The van der Waals surface area contributed by atoms with Gasteiger partial charge in [-0.2, -0.15) is 0 Å². The smallest absolute Gasteiger partial charge is 0.261 e. The lowest BCUT2D eigenvalue weighted by molar-refractivity contribution is -0.142. The summed E-state index contributed by atoms with van der Waals surface area (Å²) in [6.07, 6.45) is 4.15. The van der Waals surface area contributed by atoms with Gasteiger partial charge in [-0.1, -0.05) is 61.4 Å². The van der Waals surface area contributed by atoms with E-state index in [4.69, 9.17) is 4.74 Å². The summed E-state index contributed by atoms with van der Waals surface area (Å²) in [7, 11) is 0. The molecule has 6 heteroatoms. The standard InChI is InChI=1S/C27H29FN2O3/c1-19(27(32)29-23-9-3-4-10-23)30(17-20-13-15-22(28)16-14-20)26(31)18-33-25-12-6-8-21-7-2-5-11-24(21)25/h2,5-8,11-16,19,23H,3-4,9-10,17-18H2,1H3,(H,29,32). The number of nitrogens with one attached hydrogen (secondary N) is 1. The van der Waals surface area contributed by atoms with Gasteiger partial charge in [0.15, 0.2) is 6.61 Å². The number of hydrogen-bond acceptors (Lipinski definition) is 3. The van der Waals surface area contributed by atoms with E-state index in [9.17, 15) is 14.0 Å². The van der Waals surface area contributed by atoms with Gasteiger partial charge >= 0.3 is 0 Å². The van der Waals surface area contributed by atoms with Crippen LogP contribution in [0.3, 0.4) is 0 Å². The Morgan fingerprint density at radius 3 is 2.48 bits per heavy atom. The first-order valence-electron chi connectivity index (χ1n) is 11.5. The Morgan fingerprint density at radius 1 is 1.03 bits per heavy atom. The molecule has 0 bridgehead atoms. The van der Waals surface area contributed by atoms with Gasteiger partial charge in [-0.25, -0.2) is 4.39 Å². The van der Waals surface area contributed by atoms with Crippen molar-refractivity contribution in [3.63, 3.8) is 0 Å². The molecule has 2 amide bonds. The fraction of sp³-hybridized carbons (Fsp3) is 0.333. The van der Waals surface area contributed by atoms with Gasteiger partial charge in [0.2, 0.25) is 5.91 Å². The summed E-state index contributed by atoms with van der Waals surface area (Å²) in [6.45, 7) is 1.72. The SMILES string of the molecule is CC(C(=O)NC1CCCC1)N(Cc1ccc(F)cc1)C(=O)COc1cccc2ccccc12. The summed E-state index contributed by atoms with van der Waals surface area (Å²) in [5, 5.41) is 5.02. The zero-order chi connectivity index (χ0) is 23.2.